The summed E-state index contributed by atoms with van der Waals surface area (Å²) in [6, 6.07) is 8.19. The second kappa shape index (κ2) is 8.71. The fourth-order valence-corrected chi connectivity index (χ4v) is 3.97. The SMILES string of the molecule is Cc1c(C#N)c(NC(=O)CSc2nnc(C(C)C)n2C)n(-c2cccc(F)c2)c1C. The summed E-state index contributed by atoms with van der Waals surface area (Å²) < 4.78 is 17.4. The summed E-state index contributed by atoms with van der Waals surface area (Å²) in [4.78, 5) is 12.7. The van der Waals surface area contributed by atoms with Gasteiger partial charge in [-0.2, -0.15) is 5.26 Å². The van der Waals surface area contributed by atoms with E-state index in [-0.39, 0.29) is 17.6 Å². The van der Waals surface area contributed by atoms with Crippen molar-refractivity contribution in [1.29, 1.82) is 5.26 Å². The van der Waals surface area contributed by atoms with Gasteiger partial charge >= 0.3 is 0 Å². The van der Waals surface area contributed by atoms with Crippen LogP contribution < -0.4 is 5.32 Å². The van der Waals surface area contributed by atoms with E-state index in [2.05, 4.69) is 21.6 Å². The number of thioether (sulfide) groups is 1. The van der Waals surface area contributed by atoms with Crippen LogP contribution in [0.3, 0.4) is 0 Å². The molecule has 9 heteroatoms. The largest absolute Gasteiger partial charge is 0.310 e. The fraction of sp³-hybridized carbons (Fsp3) is 0.333. The zero-order valence-electron chi connectivity index (χ0n) is 17.5. The Bertz CT molecular complexity index is 1140. The average molecular weight is 427 g/mol. The van der Waals surface area contributed by atoms with Crippen molar-refractivity contribution in [1.82, 2.24) is 19.3 Å². The predicted molar refractivity (Wildman–Crippen MR) is 114 cm³/mol. The number of amides is 1. The molecule has 0 atom stereocenters. The molecular weight excluding hydrogens is 403 g/mol. The molecule has 3 rings (SSSR count). The molecule has 2 heterocycles. The molecule has 0 aliphatic rings. The lowest BCUT2D eigenvalue weighted by molar-refractivity contribution is -0.113. The molecule has 0 bridgehead atoms. The Morgan fingerprint density at radius 3 is 2.67 bits per heavy atom. The molecule has 1 N–H and O–H groups in total. The van der Waals surface area contributed by atoms with Crippen molar-refractivity contribution in [3.05, 3.63) is 52.7 Å². The lowest BCUT2D eigenvalue weighted by atomic mass is 10.2. The van der Waals surface area contributed by atoms with E-state index in [1.807, 2.05) is 32.4 Å². The standard InChI is InChI=1S/C21H23FN6OS/c1-12(2)19-25-26-21(27(19)5)30-11-18(29)24-20-17(10-23)13(3)14(4)28(20)16-8-6-7-15(22)9-16/h6-9,12H,11H2,1-5H3,(H,24,29). The van der Waals surface area contributed by atoms with Crippen molar-refractivity contribution >= 4 is 23.5 Å². The van der Waals surface area contributed by atoms with E-state index in [0.717, 1.165) is 17.1 Å². The van der Waals surface area contributed by atoms with E-state index in [0.29, 0.717) is 22.2 Å². The summed E-state index contributed by atoms with van der Waals surface area (Å²) in [6.45, 7) is 7.69. The van der Waals surface area contributed by atoms with Crippen molar-refractivity contribution in [2.75, 3.05) is 11.1 Å². The molecule has 0 aliphatic carbocycles. The summed E-state index contributed by atoms with van der Waals surface area (Å²) in [5, 5.41) is 21.4. The van der Waals surface area contributed by atoms with E-state index >= 15 is 0 Å². The van der Waals surface area contributed by atoms with Gasteiger partial charge in [-0.3, -0.25) is 9.36 Å². The van der Waals surface area contributed by atoms with Crippen LogP contribution in [0.2, 0.25) is 0 Å². The first kappa shape index (κ1) is 21.6. The molecular formula is C21H23FN6OS. The van der Waals surface area contributed by atoms with Crippen LogP contribution in [0.1, 0.15) is 42.4 Å². The Labute approximate surface area is 178 Å². The number of rotatable bonds is 6. The molecule has 156 valence electrons. The Balaban J connectivity index is 1.86. The minimum atomic E-state index is -0.396. The monoisotopic (exact) mass is 426 g/mol. The van der Waals surface area contributed by atoms with E-state index in [1.165, 1.54) is 23.9 Å². The number of aromatic nitrogens is 4. The molecule has 0 aliphatic heterocycles. The van der Waals surface area contributed by atoms with Gasteiger partial charge in [0.2, 0.25) is 5.91 Å². The van der Waals surface area contributed by atoms with Gasteiger partial charge in [-0.25, -0.2) is 4.39 Å². The Hall–Kier alpha value is -3.12. The quantitative estimate of drug-likeness (QED) is 0.600. The third-order valence-electron chi connectivity index (χ3n) is 4.87. The summed E-state index contributed by atoms with van der Waals surface area (Å²) >= 11 is 1.27. The minimum absolute atomic E-state index is 0.0986. The van der Waals surface area contributed by atoms with Gasteiger partial charge in [0.25, 0.3) is 0 Å². The zero-order valence-corrected chi connectivity index (χ0v) is 18.3. The highest BCUT2D eigenvalue weighted by Crippen LogP contribution is 2.30. The van der Waals surface area contributed by atoms with Crippen molar-refractivity contribution in [3.63, 3.8) is 0 Å². The first-order chi connectivity index (χ1) is 14.2. The molecule has 3 aromatic rings. The molecule has 0 saturated heterocycles. The number of nitrogens with one attached hydrogen (secondary N) is 1. The van der Waals surface area contributed by atoms with Gasteiger partial charge in [0.15, 0.2) is 5.16 Å². The first-order valence-electron chi connectivity index (χ1n) is 9.44. The van der Waals surface area contributed by atoms with Crippen LogP contribution in [0.5, 0.6) is 0 Å². The molecule has 2 aromatic heterocycles. The van der Waals surface area contributed by atoms with Crippen LogP contribution in [-0.2, 0) is 11.8 Å². The summed E-state index contributed by atoms with van der Waals surface area (Å²) in [5.74, 6) is 0.819. The Morgan fingerprint density at radius 2 is 2.07 bits per heavy atom. The van der Waals surface area contributed by atoms with Gasteiger partial charge in [0.1, 0.15) is 23.5 Å². The topological polar surface area (TPSA) is 88.5 Å². The maximum absolute atomic E-state index is 13.8. The highest BCUT2D eigenvalue weighted by molar-refractivity contribution is 7.99. The molecule has 1 aromatic carbocycles. The van der Waals surface area contributed by atoms with E-state index in [1.54, 1.807) is 23.6 Å². The number of hydrogen-bond donors (Lipinski definition) is 1. The second-order valence-electron chi connectivity index (χ2n) is 7.25. The third-order valence-corrected chi connectivity index (χ3v) is 5.89. The maximum atomic E-state index is 13.8. The highest BCUT2D eigenvalue weighted by Gasteiger charge is 2.21. The Morgan fingerprint density at radius 1 is 1.33 bits per heavy atom. The van der Waals surface area contributed by atoms with Crippen molar-refractivity contribution in [2.45, 2.75) is 38.8 Å². The Kier molecular flexibility index (Phi) is 6.27. The van der Waals surface area contributed by atoms with E-state index in [4.69, 9.17) is 0 Å². The number of nitrogens with zero attached hydrogens (tertiary/aromatic N) is 5. The van der Waals surface area contributed by atoms with Crippen LogP contribution in [-0.4, -0.2) is 31.0 Å². The van der Waals surface area contributed by atoms with Crippen LogP contribution in [0.15, 0.2) is 29.4 Å². The highest BCUT2D eigenvalue weighted by atomic mass is 32.2. The minimum Gasteiger partial charge on any atom is -0.310 e. The number of carbonyl (C=O) groups is 1. The van der Waals surface area contributed by atoms with Gasteiger partial charge in [0, 0.05) is 18.7 Å². The van der Waals surface area contributed by atoms with Crippen LogP contribution in [0, 0.1) is 31.0 Å². The lowest BCUT2D eigenvalue weighted by Gasteiger charge is -2.13. The molecule has 30 heavy (non-hydrogen) atoms. The van der Waals surface area contributed by atoms with Gasteiger partial charge in [0.05, 0.1) is 17.0 Å². The summed E-state index contributed by atoms with van der Waals surface area (Å²) in [6.07, 6.45) is 0. The van der Waals surface area contributed by atoms with Crippen molar-refractivity contribution in [2.24, 2.45) is 7.05 Å². The number of hydrogen-bond acceptors (Lipinski definition) is 5. The number of benzene rings is 1. The molecule has 0 spiro atoms. The van der Waals surface area contributed by atoms with Crippen LogP contribution in [0.4, 0.5) is 10.2 Å². The summed E-state index contributed by atoms with van der Waals surface area (Å²) in [5.41, 5.74) is 2.39. The smallest absolute Gasteiger partial charge is 0.236 e. The normalized spacial score (nSPS) is 11.0. The fourth-order valence-electron chi connectivity index (χ4n) is 3.25. The summed E-state index contributed by atoms with van der Waals surface area (Å²) in [7, 11) is 1.87. The predicted octanol–water partition coefficient (Wildman–Crippen LogP) is 4.09. The molecule has 7 nitrogen and oxygen atoms in total. The molecule has 0 fully saturated rings. The van der Waals surface area contributed by atoms with Crippen LogP contribution in [0.25, 0.3) is 5.69 Å². The molecule has 0 unspecified atom stereocenters. The van der Waals surface area contributed by atoms with Crippen LogP contribution >= 0.6 is 11.8 Å². The first-order valence-corrected chi connectivity index (χ1v) is 10.4. The van der Waals surface area contributed by atoms with Gasteiger partial charge in [-0.15, -0.1) is 10.2 Å². The maximum Gasteiger partial charge on any atom is 0.236 e. The van der Waals surface area contributed by atoms with E-state index < -0.39 is 5.82 Å². The second-order valence-corrected chi connectivity index (χ2v) is 8.19. The number of anilines is 1. The lowest BCUT2D eigenvalue weighted by Crippen LogP contribution is -2.18. The molecule has 0 saturated carbocycles. The molecule has 0 radical (unpaired) electrons. The van der Waals surface area contributed by atoms with Gasteiger partial charge in [-0.05, 0) is 37.6 Å². The third kappa shape index (κ3) is 4.09. The number of nitriles is 1. The molecule has 1 amide bonds. The van der Waals surface area contributed by atoms with Gasteiger partial charge < -0.3 is 9.88 Å². The zero-order chi connectivity index (χ0) is 22.0. The van der Waals surface area contributed by atoms with E-state index in [9.17, 15) is 14.4 Å². The van der Waals surface area contributed by atoms with Crippen molar-refractivity contribution < 1.29 is 9.18 Å². The average Bonchev–Trinajstić information content (AvgIpc) is 3.17. The number of carbonyl (C=O) groups excluding carboxylic acids is 1. The number of halogens is 1. The van der Waals surface area contributed by atoms with Gasteiger partial charge in [-0.1, -0.05) is 31.7 Å². The van der Waals surface area contributed by atoms with Crippen molar-refractivity contribution in [3.8, 4) is 11.8 Å².